The number of piperazine rings is 1. The van der Waals surface area contributed by atoms with Crippen molar-refractivity contribution in [2.45, 2.75) is 12.1 Å². The van der Waals surface area contributed by atoms with Gasteiger partial charge in [-0.1, -0.05) is 6.07 Å². The van der Waals surface area contributed by atoms with E-state index in [1.54, 1.807) is 23.2 Å². The predicted octanol–water partition coefficient (Wildman–Crippen LogP) is 1.05. The molecule has 3 heterocycles. The van der Waals surface area contributed by atoms with Crippen molar-refractivity contribution in [3.05, 3.63) is 36.5 Å². The van der Waals surface area contributed by atoms with Crippen LogP contribution in [0.25, 0.3) is 10.9 Å². The third-order valence-electron chi connectivity index (χ3n) is 4.74. The highest BCUT2D eigenvalue weighted by Crippen LogP contribution is 2.22. The molecule has 0 spiro atoms. The first-order valence-corrected chi connectivity index (χ1v) is 10.0. The number of halogens is 2. The molecule has 1 amide bonds. The van der Waals surface area contributed by atoms with Gasteiger partial charge in [-0.05, 0) is 18.2 Å². The molecule has 2 atom stereocenters. The number of sulfone groups is 1. The van der Waals surface area contributed by atoms with Gasteiger partial charge >= 0.3 is 0 Å². The predicted molar refractivity (Wildman–Crippen MR) is 108 cm³/mol. The maximum absolute atomic E-state index is 12.6. The van der Waals surface area contributed by atoms with Crippen LogP contribution in [0.5, 0.6) is 5.75 Å². The van der Waals surface area contributed by atoms with E-state index in [9.17, 15) is 13.2 Å². The van der Waals surface area contributed by atoms with Crippen molar-refractivity contribution < 1.29 is 17.9 Å². The molecule has 1 aromatic heterocycles. The molecule has 2 aromatic rings. The lowest BCUT2D eigenvalue weighted by molar-refractivity contribution is -0.136. The fourth-order valence-electron chi connectivity index (χ4n) is 3.54. The van der Waals surface area contributed by atoms with E-state index in [0.717, 1.165) is 10.9 Å². The van der Waals surface area contributed by atoms with Gasteiger partial charge in [-0.2, -0.15) is 0 Å². The number of aromatic nitrogens is 1. The van der Waals surface area contributed by atoms with Crippen molar-refractivity contribution >= 4 is 51.5 Å². The number of hydrogen-bond acceptors (Lipinski definition) is 6. The first-order chi connectivity index (χ1) is 12.0. The van der Waals surface area contributed by atoms with Crippen molar-refractivity contribution in [2.75, 3.05) is 31.2 Å². The Morgan fingerprint density at radius 2 is 2.07 bits per heavy atom. The van der Waals surface area contributed by atoms with Crippen LogP contribution in [0.15, 0.2) is 36.5 Å². The van der Waals surface area contributed by atoms with Gasteiger partial charge in [-0.3, -0.25) is 9.78 Å². The number of nitrogens with one attached hydrogen (secondary N) is 1. The molecule has 0 bridgehead atoms. The van der Waals surface area contributed by atoms with Gasteiger partial charge in [0.15, 0.2) is 16.4 Å². The van der Waals surface area contributed by atoms with Gasteiger partial charge in [0, 0.05) is 36.8 Å². The number of carbonyl (C=O) groups is 1. The molecule has 2 saturated heterocycles. The van der Waals surface area contributed by atoms with Crippen LogP contribution < -0.4 is 10.1 Å². The van der Waals surface area contributed by atoms with Crippen LogP contribution in [-0.2, 0) is 14.6 Å². The lowest BCUT2D eigenvalue weighted by atomic mass is 10.1. The van der Waals surface area contributed by atoms with E-state index in [1.807, 2.05) is 18.2 Å². The Kier molecular flexibility index (Phi) is 6.91. The smallest absolute Gasteiger partial charge is 0.260 e. The summed E-state index contributed by atoms with van der Waals surface area (Å²) >= 11 is 0. The Balaban J connectivity index is 0.00000131. The second-order valence-electron chi connectivity index (χ2n) is 6.44. The maximum atomic E-state index is 12.6. The summed E-state index contributed by atoms with van der Waals surface area (Å²) in [5.41, 5.74) is 0.802. The zero-order valence-corrected chi connectivity index (χ0v) is 16.9. The van der Waals surface area contributed by atoms with Crippen LogP contribution in [0.4, 0.5) is 0 Å². The Labute approximate surface area is 170 Å². The number of benzene rings is 1. The number of fused-ring (bicyclic) bond motifs is 2. The van der Waals surface area contributed by atoms with Crippen molar-refractivity contribution in [3.63, 3.8) is 0 Å². The average Bonchev–Trinajstić information content (AvgIpc) is 2.93. The Hall–Kier alpha value is -1.61. The monoisotopic (exact) mass is 433 g/mol. The standard InChI is InChI=1S/C17H19N3O4S.2ClH/c21-17(20-7-6-19-15-10-25(22,23)11-16(15)20)9-24-13-4-3-12-2-1-5-18-14(12)8-13;;/h1-5,8,15-16,19H,6-7,9-11H2;2*1H/t15-,16+;;/m0../s1. The normalized spacial score (nSPS) is 23.0. The summed E-state index contributed by atoms with van der Waals surface area (Å²) in [5, 5.41) is 4.20. The second kappa shape index (κ2) is 8.60. The number of pyridine rings is 1. The van der Waals surface area contributed by atoms with E-state index in [4.69, 9.17) is 4.74 Å². The molecule has 27 heavy (non-hydrogen) atoms. The highest BCUT2D eigenvalue weighted by Gasteiger charge is 2.44. The van der Waals surface area contributed by atoms with Gasteiger partial charge in [0.2, 0.25) is 0 Å². The molecule has 0 saturated carbocycles. The maximum Gasteiger partial charge on any atom is 0.260 e. The third kappa shape index (κ3) is 4.63. The molecule has 2 aliphatic heterocycles. The largest absolute Gasteiger partial charge is 0.484 e. The number of amides is 1. The fourth-order valence-corrected chi connectivity index (χ4v) is 5.50. The summed E-state index contributed by atoms with van der Waals surface area (Å²) in [4.78, 5) is 18.5. The lowest BCUT2D eigenvalue weighted by Gasteiger charge is -2.37. The highest BCUT2D eigenvalue weighted by atomic mass is 35.5. The molecular formula is C17H21Cl2N3O4S. The van der Waals surface area contributed by atoms with Crippen LogP contribution in [0.1, 0.15) is 0 Å². The Bertz CT molecular complexity index is 925. The summed E-state index contributed by atoms with van der Waals surface area (Å²) in [7, 11) is -3.09. The molecule has 1 aromatic carbocycles. The SMILES string of the molecule is Cl.Cl.O=C(COc1ccc2cccnc2c1)N1CCN[C@H]2CS(=O)(=O)C[C@H]21. The summed E-state index contributed by atoms with van der Waals surface area (Å²) in [6.45, 7) is 0.988. The molecule has 0 unspecified atom stereocenters. The molecule has 0 aliphatic carbocycles. The minimum absolute atomic E-state index is 0. The molecule has 10 heteroatoms. The Morgan fingerprint density at radius 3 is 2.89 bits per heavy atom. The molecule has 0 radical (unpaired) electrons. The minimum atomic E-state index is -3.09. The molecular weight excluding hydrogens is 413 g/mol. The van der Waals surface area contributed by atoms with Crippen LogP contribution >= 0.6 is 24.8 Å². The van der Waals surface area contributed by atoms with E-state index >= 15 is 0 Å². The zero-order chi connectivity index (χ0) is 17.4. The number of rotatable bonds is 3. The number of hydrogen-bond donors (Lipinski definition) is 1. The zero-order valence-electron chi connectivity index (χ0n) is 14.4. The molecule has 148 valence electrons. The second-order valence-corrected chi connectivity index (χ2v) is 8.59. The third-order valence-corrected chi connectivity index (χ3v) is 6.46. The van der Waals surface area contributed by atoms with Gasteiger partial charge in [0.05, 0.1) is 23.1 Å². The van der Waals surface area contributed by atoms with Crippen LogP contribution in [0.2, 0.25) is 0 Å². The van der Waals surface area contributed by atoms with Gasteiger partial charge in [0.1, 0.15) is 5.75 Å². The molecule has 1 N–H and O–H groups in total. The number of carbonyl (C=O) groups excluding carboxylic acids is 1. The van der Waals surface area contributed by atoms with Crippen molar-refractivity contribution in [1.29, 1.82) is 0 Å². The molecule has 7 nitrogen and oxygen atoms in total. The first kappa shape index (κ1) is 21.7. The van der Waals surface area contributed by atoms with Crippen molar-refractivity contribution in [1.82, 2.24) is 15.2 Å². The van der Waals surface area contributed by atoms with Crippen molar-refractivity contribution in [3.8, 4) is 5.75 Å². The molecule has 2 aliphatic rings. The van der Waals surface area contributed by atoms with E-state index < -0.39 is 9.84 Å². The van der Waals surface area contributed by atoms with Crippen LogP contribution in [0, 0.1) is 0 Å². The number of nitrogens with zero attached hydrogens (tertiary/aromatic N) is 2. The van der Waals surface area contributed by atoms with Crippen LogP contribution in [-0.4, -0.2) is 67.5 Å². The van der Waals surface area contributed by atoms with E-state index in [2.05, 4.69) is 10.3 Å². The van der Waals surface area contributed by atoms with E-state index in [0.29, 0.717) is 18.8 Å². The first-order valence-electron chi connectivity index (χ1n) is 8.23. The van der Waals surface area contributed by atoms with Gasteiger partial charge in [0.25, 0.3) is 5.91 Å². The summed E-state index contributed by atoms with van der Waals surface area (Å²) in [6.07, 6.45) is 1.71. The van der Waals surface area contributed by atoms with Gasteiger partial charge in [-0.15, -0.1) is 24.8 Å². The lowest BCUT2D eigenvalue weighted by Crippen LogP contribution is -2.59. The minimum Gasteiger partial charge on any atom is -0.484 e. The number of ether oxygens (including phenoxy) is 1. The highest BCUT2D eigenvalue weighted by molar-refractivity contribution is 7.91. The average molecular weight is 434 g/mol. The van der Waals surface area contributed by atoms with Gasteiger partial charge in [-0.25, -0.2) is 8.42 Å². The Morgan fingerprint density at radius 1 is 1.26 bits per heavy atom. The van der Waals surface area contributed by atoms with Gasteiger partial charge < -0.3 is 15.0 Å². The summed E-state index contributed by atoms with van der Waals surface area (Å²) < 4.78 is 29.3. The topological polar surface area (TPSA) is 88.6 Å². The molecule has 4 rings (SSSR count). The van der Waals surface area contributed by atoms with E-state index in [1.165, 1.54) is 0 Å². The molecule has 2 fully saturated rings. The fraction of sp³-hybridized carbons (Fsp3) is 0.412. The van der Waals surface area contributed by atoms with Crippen LogP contribution in [0.3, 0.4) is 0 Å². The summed E-state index contributed by atoms with van der Waals surface area (Å²) in [6, 6.07) is 8.84. The van der Waals surface area contributed by atoms with Crippen molar-refractivity contribution in [2.24, 2.45) is 0 Å². The quantitative estimate of drug-likeness (QED) is 0.777. The summed E-state index contributed by atoms with van der Waals surface area (Å²) in [5.74, 6) is 0.509. The van der Waals surface area contributed by atoms with E-state index in [-0.39, 0.29) is 60.9 Å².